The van der Waals surface area contributed by atoms with Gasteiger partial charge in [0.15, 0.2) is 37.1 Å². The molecule has 10 nitrogen and oxygen atoms in total. The Labute approximate surface area is 278 Å². The van der Waals surface area contributed by atoms with Crippen LogP contribution < -0.4 is 28.4 Å². The molecule has 2 rings (SSSR count). The summed E-state index contributed by atoms with van der Waals surface area (Å²) in [5, 5.41) is 10.1. The van der Waals surface area contributed by atoms with Crippen molar-refractivity contribution in [3.8, 4) is 34.5 Å². The molecule has 46 heavy (non-hydrogen) atoms. The predicted octanol–water partition coefficient (Wildman–Crippen LogP) is 6.46. The van der Waals surface area contributed by atoms with Crippen LogP contribution in [0.4, 0.5) is 0 Å². The summed E-state index contributed by atoms with van der Waals surface area (Å²) in [5.74, 6) is -0.0580. The number of Topliss-reactive ketones (excluding diaryl/α,β-unsaturated/α-hetero) is 1. The van der Waals surface area contributed by atoms with E-state index in [2.05, 4.69) is 33.9 Å². The van der Waals surface area contributed by atoms with Crippen LogP contribution in [0, 0.1) is 11.8 Å². The summed E-state index contributed by atoms with van der Waals surface area (Å²) in [5.41, 5.74) is 0.846. The van der Waals surface area contributed by atoms with Gasteiger partial charge in [0.1, 0.15) is 0 Å². The molecule has 0 bridgehead atoms. The van der Waals surface area contributed by atoms with E-state index in [9.17, 15) is 14.1 Å². The first-order valence-electron chi connectivity index (χ1n) is 15.2. The van der Waals surface area contributed by atoms with Gasteiger partial charge in [-0.1, -0.05) is 20.8 Å². The molecular formula is C34H54O10SSi. The molecule has 2 aromatic carbocycles. The van der Waals surface area contributed by atoms with Crippen LogP contribution in [0.2, 0.25) is 18.1 Å². The minimum atomic E-state index is -2.38. The van der Waals surface area contributed by atoms with E-state index in [4.69, 9.17) is 32.8 Å². The minimum Gasteiger partial charge on any atom is -0.493 e. The van der Waals surface area contributed by atoms with Gasteiger partial charge in [-0.25, -0.2) is 0 Å². The van der Waals surface area contributed by atoms with Crippen molar-refractivity contribution in [1.82, 2.24) is 0 Å². The molecule has 4 atom stereocenters. The highest BCUT2D eigenvalue weighted by Crippen LogP contribution is 2.47. The third kappa shape index (κ3) is 8.56. The molecular weight excluding hydrogens is 629 g/mol. The van der Waals surface area contributed by atoms with E-state index in [1.165, 1.54) is 42.7 Å². The van der Waals surface area contributed by atoms with Gasteiger partial charge in [-0.15, -0.1) is 0 Å². The number of ketones is 1. The van der Waals surface area contributed by atoms with Crippen LogP contribution in [0.25, 0.3) is 0 Å². The predicted molar refractivity (Wildman–Crippen MR) is 184 cm³/mol. The van der Waals surface area contributed by atoms with Crippen molar-refractivity contribution in [3.63, 3.8) is 0 Å². The first-order valence-corrected chi connectivity index (χ1v) is 19.3. The number of carbonyl (C=O) groups excluding carboxylic acids is 1. The highest BCUT2D eigenvalue weighted by molar-refractivity contribution is 7.86. The second kappa shape index (κ2) is 15.9. The zero-order valence-electron chi connectivity index (χ0n) is 30.0. The van der Waals surface area contributed by atoms with Crippen LogP contribution >= 0.6 is 0 Å². The van der Waals surface area contributed by atoms with Gasteiger partial charge in [-0.05, 0) is 68.7 Å². The van der Waals surface area contributed by atoms with Crippen molar-refractivity contribution < 1.29 is 47.0 Å². The second-order valence-electron chi connectivity index (χ2n) is 13.6. The zero-order chi connectivity index (χ0) is 35.2. The van der Waals surface area contributed by atoms with E-state index in [1.54, 1.807) is 24.3 Å². The fraction of sp³-hybridized carbons (Fsp3) is 0.618. The van der Waals surface area contributed by atoms with Crippen molar-refractivity contribution in [2.75, 3.05) is 55.9 Å². The number of benzene rings is 2. The van der Waals surface area contributed by atoms with Crippen LogP contribution in [0.3, 0.4) is 0 Å². The third-order valence-corrected chi connectivity index (χ3v) is 15.5. The summed E-state index contributed by atoms with van der Waals surface area (Å²) >= 11 is 0. The maximum atomic E-state index is 14.7. The molecule has 0 saturated carbocycles. The molecule has 0 radical (unpaired) electrons. The fourth-order valence-electron chi connectivity index (χ4n) is 4.96. The lowest BCUT2D eigenvalue weighted by atomic mass is 9.82. The van der Waals surface area contributed by atoms with Gasteiger partial charge in [-0.2, -0.15) is 0 Å². The Morgan fingerprint density at radius 2 is 1.17 bits per heavy atom. The number of carbonyl (C=O) groups is 1. The average Bonchev–Trinajstić information content (AvgIpc) is 3.00. The Morgan fingerprint density at radius 3 is 1.50 bits per heavy atom. The maximum Gasteiger partial charge on any atom is 0.203 e. The van der Waals surface area contributed by atoms with Crippen molar-refractivity contribution in [2.45, 2.75) is 69.7 Å². The summed E-state index contributed by atoms with van der Waals surface area (Å²) in [7, 11) is 4.99. The van der Waals surface area contributed by atoms with Crippen LogP contribution in [0.1, 0.15) is 62.7 Å². The zero-order valence-corrected chi connectivity index (χ0v) is 31.8. The molecule has 12 heteroatoms. The van der Waals surface area contributed by atoms with Gasteiger partial charge in [-0.3, -0.25) is 9.00 Å². The molecule has 0 saturated heterocycles. The fourth-order valence-corrected chi connectivity index (χ4v) is 7.73. The van der Waals surface area contributed by atoms with Crippen LogP contribution in [-0.4, -0.2) is 84.0 Å². The molecule has 0 heterocycles. The molecule has 0 spiro atoms. The highest BCUT2D eigenvalue weighted by Gasteiger charge is 2.45. The Kier molecular flexibility index (Phi) is 13.6. The number of aliphatic hydroxyl groups is 1. The van der Waals surface area contributed by atoms with Crippen molar-refractivity contribution in [3.05, 3.63) is 35.4 Å². The molecule has 1 unspecified atom stereocenters. The molecule has 1 N–H and O–H groups in total. The van der Waals surface area contributed by atoms with Crippen molar-refractivity contribution in [1.29, 1.82) is 0 Å². The minimum absolute atomic E-state index is 0.0705. The molecule has 0 amide bonds. The third-order valence-electron chi connectivity index (χ3n) is 8.68. The standard InChI is InChI=1S/C34H54O10SSi/c1-33(2,3)45(37)32(22-17-27(40-9)31(43-12)28(18-22)41-10)24(20-44-46(13,14)34(4,5)6)23(19-35)29(36)21-15-25(38-7)30(42-11)26(16-21)39-8/h15-18,23-24,32,35H,19-20H2,1-14H3/t23-,24-,32-,45?/m0/s1. The Balaban J connectivity index is 2.95. The first-order chi connectivity index (χ1) is 21.4. The molecule has 0 aliphatic heterocycles. The number of aliphatic hydroxyl groups excluding tert-OH is 1. The number of hydrogen-bond acceptors (Lipinski definition) is 10. The molecule has 2 aromatic rings. The van der Waals surface area contributed by atoms with Gasteiger partial charge in [0.05, 0.1) is 60.4 Å². The molecule has 0 fully saturated rings. The quantitative estimate of drug-likeness (QED) is 0.156. The normalized spacial score (nSPS) is 14.9. The molecule has 0 aliphatic carbocycles. The van der Waals surface area contributed by atoms with Gasteiger partial charge in [0, 0.05) is 33.6 Å². The lowest BCUT2D eigenvalue weighted by Crippen LogP contribution is -2.46. The first kappa shape index (κ1) is 39.4. The van der Waals surface area contributed by atoms with Gasteiger partial charge in [0.25, 0.3) is 0 Å². The number of methoxy groups -OCH3 is 6. The Bertz CT molecular complexity index is 1310. The summed E-state index contributed by atoms with van der Waals surface area (Å²) < 4.78 is 54.1. The maximum absolute atomic E-state index is 14.7. The lowest BCUT2D eigenvalue weighted by molar-refractivity contribution is 0.0698. The number of ether oxygens (including phenoxy) is 6. The number of rotatable bonds is 16. The largest absolute Gasteiger partial charge is 0.493 e. The molecule has 0 aromatic heterocycles. The van der Waals surface area contributed by atoms with E-state index in [-0.39, 0.29) is 23.0 Å². The highest BCUT2D eigenvalue weighted by atomic mass is 32.2. The monoisotopic (exact) mass is 682 g/mol. The molecule has 260 valence electrons. The smallest absolute Gasteiger partial charge is 0.203 e. The topological polar surface area (TPSA) is 119 Å². The van der Waals surface area contributed by atoms with E-state index >= 15 is 0 Å². The Morgan fingerprint density at radius 1 is 0.761 bits per heavy atom. The van der Waals surface area contributed by atoms with E-state index in [0.29, 0.717) is 40.1 Å². The lowest BCUT2D eigenvalue weighted by Gasteiger charge is -2.41. The van der Waals surface area contributed by atoms with Crippen molar-refractivity contribution >= 4 is 24.9 Å². The summed E-state index contributed by atoms with van der Waals surface area (Å²) in [6.45, 7) is 15.8. The second-order valence-corrected chi connectivity index (χ2v) is 20.7. The number of hydrogen-bond donors (Lipinski definition) is 1. The molecule has 0 aliphatic rings. The Hall–Kier alpha value is -2.80. The summed E-state index contributed by atoms with van der Waals surface area (Å²) in [4.78, 5) is 14.5. The summed E-state index contributed by atoms with van der Waals surface area (Å²) in [6.07, 6.45) is 0. The van der Waals surface area contributed by atoms with E-state index in [0.717, 1.165) is 0 Å². The van der Waals surface area contributed by atoms with E-state index in [1.807, 2.05) is 20.8 Å². The van der Waals surface area contributed by atoms with Crippen LogP contribution in [0.5, 0.6) is 34.5 Å². The van der Waals surface area contributed by atoms with Crippen LogP contribution in [-0.2, 0) is 15.2 Å². The van der Waals surface area contributed by atoms with Gasteiger partial charge < -0.3 is 38.0 Å². The van der Waals surface area contributed by atoms with Gasteiger partial charge in [0.2, 0.25) is 11.5 Å². The van der Waals surface area contributed by atoms with Gasteiger partial charge >= 0.3 is 0 Å². The van der Waals surface area contributed by atoms with Crippen molar-refractivity contribution in [2.24, 2.45) is 11.8 Å². The average molecular weight is 683 g/mol. The van der Waals surface area contributed by atoms with Crippen LogP contribution in [0.15, 0.2) is 24.3 Å². The SMILES string of the molecule is COc1cc(C(=O)[C@@H](CO)[C@H](CO[Si](C)(C)C(C)(C)C)[C@H](c2cc(OC)c(OC)c(OC)c2)S(=O)C(C)(C)C)cc(OC)c1OC. The summed E-state index contributed by atoms with van der Waals surface area (Å²) in [6, 6.07) is 6.64. The van der Waals surface area contributed by atoms with E-state index < -0.39 is 47.6 Å².